The molecule has 2 fully saturated rings. The summed E-state index contributed by atoms with van der Waals surface area (Å²) in [5.41, 5.74) is 3.95. The van der Waals surface area contributed by atoms with Crippen LogP contribution in [0.3, 0.4) is 0 Å². The van der Waals surface area contributed by atoms with Crippen LogP contribution >= 0.6 is 0 Å². The van der Waals surface area contributed by atoms with E-state index < -0.39 is 5.54 Å². The fourth-order valence-corrected chi connectivity index (χ4v) is 6.00. The van der Waals surface area contributed by atoms with Gasteiger partial charge in [0, 0.05) is 19.0 Å². The van der Waals surface area contributed by atoms with E-state index in [4.69, 9.17) is 14.3 Å². The number of rotatable bonds is 2. The lowest BCUT2D eigenvalue weighted by molar-refractivity contribution is -0.191. The van der Waals surface area contributed by atoms with Gasteiger partial charge in [0.15, 0.2) is 0 Å². The molecule has 2 atom stereocenters. The maximum atomic E-state index is 13.4. The number of nitrogens with zero attached hydrogens (tertiary/aromatic N) is 2. The number of carbonyl (C=O) groups is 2. The second-order valence-electron chi connectivity index (χ2n) is 9.13. The Morgan fingerprint density at radius 3 is 2.32 bits per heavy atom. The molecule has 2 aromatic rings. The molecule has 7 nitrogen and oxygen atoms in total. The van der Waals surface area contributed by atoms with E-state index in [0.29, 0.717) is 13.0 Å². The molecule has 1 spiro atoms. The van der Waals surface area contributed by atoms with Crippen LogP contribution in [0.1, 0.15) is 42.7 Å². The smallest absolute Gasteiger partial charge is 0.410 e. The van der Waals surface area contributed by atoms with Gasteiger partial charge in [-0.1, -0.05) is 60.7 Å². The molecule has 7 heteroatoms. The first kappa shape index (κ1) is 22.1. The molecule has 0 unspecified atom stereocenters. The minimum absolute atomic E-state index is 0.0236. The van der Waals surface area contributed by atoms with Crippen LogP contribution in [0.25, 0.3) is 11.1 Å². The van der Waals surface area contributed by atoms with Crippen LogP contribution in [0, 0.1) is 0 Å². The van der Waals surface area contributed by atoms with Gasteiger partial charge in [-0.2, -0.15) is 9.59 Å². The number of hydrogen-bond acceptors (Lipinski definition) is 5. The third-order valence-corrected chi connectivity index (χ3v) is 7.50. The van der Waals surface area contributed by atoms with Gasteiger partial charge < -0.3 is 9.64 Å². The highest BCUT2D eigenvalue weighted by Crippen LogP contribution is 2.45. The quantitative estimate of drug-likeness (QED) is 0.640. The third kappa shape index (κ3) is 3.44. The van der Waals surface area contributed by atoms with Crippen molar-refractivity contribution in [1.29, 1.82) is 0 Å². The fraction of sp³-hybridized carbons (Fsp3) is 0.370. The molecule has 2 saturated heterocycles. The third-order valence-electron chi connectivity index (χ3n) is 7.50. The second-order valence-corrected chi connectivity index (χ2v) is 9.13. The molecular weight excluding hydrogens is 432 g/mol. The van der Waals surface area contributed by atoms with Crippen molar-refractivity contribution in [2.24, 2.45) is 0 Å². The fourth-order valence-electron chi connectivity index (χ4n) is 6.00. The van der Waals surface area contributed by atoms with E-state index in [-0.39, 0.29) is 36.7 Å². The summed E-state index contributed by atoms with van der Waals surface area (Å²) in [4.78, 5) is 46.5. The molecule has 0 aromatic heterocycles. The highest BCUT2D eigenvalue weighted by atomic mass is 16.6. The van der Waals surface area contributed by atoms with Gasteiger partial charge in [0.1, 0.15) is 12.1 Å². The summed E-state index contributed by atoms with van der Waals surface area (Å²) in [6, 6.07) is 16.9. The normalized spacial score (nSPS) is 24.2. The van der Waals surface area contributed by atoms with Gasteiger partial charge in [0.2, 0.25) is 0 Å². The second kappa shape index (κ2) is 8.92. The topological polar surface area (TPSA) is 84.0 Å². The maximum absolute atomic E-state index is 13.4. The van der Waals surface area contributed by atoms with E-state index in [2.05, 4.69) is 30.3 Å². The largest absolute Gasteiger partial charge is 0.448 e. The van der Waals surface area contributed by atoms with Gasteiger partial charge in [-0.15, -0.1) is 0 Å². The van der Waals surface area contributed by atoms with E-state index in [1.54, 1.807) is 4.90 Å². The first-order valence-electron chi connectivity index (χ1n) is 11.7. The van der Waals surface area contributed by atoms with Crippen LogP contribution in [-0.4, -0.2) is 59.2 Å². The van der Waals surface area contributed by atoms with Crippen LogP contribution in [0.5, 0.6) is 0 Å². The molecule has 6 rings (SSSR count). The van der Waals surface area contributed by atoms with Gasteiger partial charge in [-0.3, -0.25) is 9.69 Å². The Morgan fingerprint density at radius 2 is 1.65 bits per heavy atom. The van der Waals surface area contributed by atoms with Crippen LogP contribution in [0.15, 0.2) is 60.7 Å². The number of carbonyl (C=O) groups excluding carboxylic acids is 4. The molecule has 0 bridgehead atoms. The van der Waals surface area contributed by atoms with E-state index in [9.17, 15) is 9.59 Å². The molecule has 0 saturated carbocycles. The monoisotopic (exact) mass is 458 g/mol. The first-order valence-corrected chi connectivity index (χ1v) is 11.7. The number of amides is 2. The summed E-state index contributed by atoms with van der Waals surface area (Å²) < 4.78 is 5.89. The Labute approximate surface area is 198 Å². The van der Waals surface area contributed by atoms with E-state index >= 15 is 0 Å². The summed E-state index contributed by atoms with van der Waals surface area (Å²) in [7, 11) is 0. The zero-order chi connectivity index (χ0) is 23.7. The predicted molar refractivity (Wildman–Crippen MR) is 123 cm³/mol. The zero-order valence-electron chi connectivity index (χ0n) is 18.8. The predicted octanol–water partition coefficient (Wildman–Crippen LogP) is 3.75. The number of ether oxygens (including phenoxy) is 1. The Morgan fingerprint density at radius 1 is 1.00 bits per heavy atom. The lowest BCUT2D eigenvalue weighted by Gasteiger charge is -2.41. The summed E-state index contributed by atoms with van der Waals surface area (Å²) in [5, 5.41) is 0. The van der Waals surface area contributed by atoms with Crippen molar-refractivity contribution in [2.75, 3.05) is 19.7 Å². The average Bonchev–Trinajstić information content (AvgIpc) is 3.57. The van der Waals surface area contributed by atoms with Gasteiger partial charge >= 0.3 is 12.2 Å². The highest BCUT2D eigenvalue weighted by molar-refractivity contribution is 5.94. The van der Waals surface area contributed by atoms with Crippen molar-refractivity contribution in [3.05, 3.63) is 71.8 Å². The Kier molecular flexibility index (Phi) is 5.80. The molecule has 4 aliphatic rings. The Bertz CT molecular complexity index is 1140. The molecule has 2 amide bonds. The number of benzene rings is 2. The average molecular weight is 459 g/mol. The van der Waals surface area contributed by atoms with Crippen molar-refractivity contribution in [3.8, 4) is 11.1 Å². The van der Waals surface area contributed by atoms with Crippen molar-refractivity contribution in [3.63, 3.8) is 0 Å². The first-order chi connectivity index (χ1) is 16.6. The maximum Gasteiger partial charge on any atom is 0.410 e. The van der Waals surface area contributed by atoms with E-state index in [0.717, 1.165) is 25.8 Å². The lowest BCUT2D eigenvalue weighted by Crippen LogP contribution is -2.60. The minimum Gasteiger partial charge on any atom is -0.448 e. The van der Waals surface area contributed by atoms with Crippen molar-refractivity contribution >= 4 is 18.2 Å². The standard InChI is InChI=1S/C26H26N2O3.CO2/c29-24-26(14-12-18-7-5-15-27(18)24)13-6-16-28(26)25(30)31-17-23-21-10-3-1-8-19(21)20-9-2-4-11-22(20)23;2-1-3/h1-4,8-12,14,18,23H,5-7,13,15-17H2;/t18-,26+;/m0./s1. The SMILES string of the molecule is O=C(OCC1c2ccccc2-c2ccccc21)N1CCC[C@]12C=C[C@@H]1CCCN1C2=O.O=C=O. The molecule has 0 N–H and O–H groups in total. The summed E-state index contributed by atoms with van der Waals surface area (Å²) in [5.74, 6) is 0.0963. The number of likely N-dealkylation sites (tertiary alicyclic amines) is 1. The summed E-state index contributed by atoms with van der Waals surface area (Å²) >= 11 is 0. The van der Waals surface area contributed by atoms with Gasteiger partial charge in [-0.05, 0) is 47.9 Å². The summed E-state index contributed by atoms with van der Waals surface area (Å²) in [6.07, 6.45) is 7.52. The van der Waals surface area contributed by atoms with Crippen LogP contribution in [-0.2, 0) is 19.1 Å². The Hall–Kier alpha value is -3.70. The van der Waals surface area contributed by atoms with E-state index in [1.165, 1.54) is 22.3 Å². The molecule has 0 radical (unpaired) electrons. The van der Waals surface area contributed by atoms with Crippen molar-refractivity contribution in [2.45, 2.75) is 43.2 Å². The molecule has 1 aliphatic carbocycles. The summed E-state index contributed by atoms with van der Waals surface area (Å²) in [6.45, 7) is 1.63. The van der Waals surface area contributed by atoms with Crippen LogP contribution in [0.2, 0.25) is 0 Å². The Balaban J connectivity index is 0.000000764. The van der Waals surface area contributed by atoms with Crippen molar-refractivity contribution < 1.29 is 23.9 Å². The molecule has 34 heavy (non-hydrogen) atoms. The van der Waals surface area contributed by atoms with Crippen molar-refractivity contribution in [1.82, 2.24) is 9.80 Å². The van der Waals surface area contributed by atoms with Gasteiger partial charge in [-0.25, -0.2) is 4.79 Å². The molecule has 2 aromatic carbocycles. The molecule has 174 valence electrons. The van der Waals surface area contributed by atoms with Crippen LogP contribution in [0.4, 0.5) is 4.79 Å². The van der Waals surface area contributed by atoms with Gasteiger partial charge in [0.05, 0.1) is 6.04 Å². The van der Waals surface area contributed by atoms with Gasteiger partial charge in [0.25, 0.3) is 5.91 Å². The van der Waals surface area contributed by atoms with E-state index in [1.807, 2.05) is 35.2 Å². The van der Waals surface area contributed by atoms with Crippen LogP contribution < -0.4 is 0 Å². The zero-order valence-corrected chi connectivity index (χ0v) is 18.8. The highest BCUT2D eigenvalue weighted by Gasteiger charge is 2.53. The molecular formula is C27H26N2O5. The lowest BCUT2D eigenvalue weighted by atomic mass is 9.89. The molecule has 3 aliphatic heterocycles. The number of hydrogen-bond donors (Lipinski definition) is 0. The number of fused-ring (bicyclic) bond motifs is 4. The molecule has 3 heterocycles. The minimum atomic E-state index is -0.858.